The van der Waals surface area contributed by atoms with Gasteiger partial charge in [-0.15, -0.1) is 0 Å². The van der Waals surface area contributed by atoms with Gasteiger partial charge in [-0.05, 0) is 12.1 Å². The Bertz CT molecular complexity index is 395. The molecule has 0 aliphatic carbocycles. The number of alkyl halides is 2. The molecule has 2 aromatic heterocycles. The van der Waals surface area contributed by atoms with Crippen molar-refractivity contribution in [2.45, 2.75) is 4.84 Å². The Morgan fingerprint density at radius 2 is 2.17 bits per heavy atom. The van der Waals surface area contributed by atoms with Crippen LogP contribution in [0.4, 0.5) is 0 Å². The first-order valence-electron chi connectivity index (χ1n) is 3.49. The molecule has 2 aromatic rings. The third kappa shape index (κ3) is 1.17. The molecule has 0 saturated heterocycles. The van der Waals surface area contributed by atoms with Gasteiger partial charge < -0.3 is 4.40 Å². The lowest BCUT2D eigenvalue weighted by atomic mass is 10.4. The summed E-state index contributed by atoms with van der Waals surface area (Å²) in [6.07, 6.45) is 3.56. The lowest BCUT2D eigenvalue weighted by Gasteiger charge is -1.99. The molecule has 0 unspecified atom stereocenters. The minimum absolute atomic E-state index is 0.526. The summed E-state index contributed by atoms with van der Waals surface area (Å²) in [6, 6.07) is 5.73. The Balaban J connectivity index is 2.70. The van der Waals surface area contributed by atoms with Crippen LogP contribution >= 0.6 is 23.2 Å². The van der Waals surface area contributed by atoms with Crippen LogP contribution in [0.15, 0.2) is 30.6 Å². The zero-order chi connectivity index (χ0) is 8.55. The zero-order valence-electron chi connectivity index (χ0n) is 6.11. The third-order valence-electron chi connectivity index (χ3n) is 1.67. The quantitative estimate of drug-likeness (QED) is 0.648. The van der Waals surface area contributed by atoms with Crippen LogP contribution in [0.25, 0.3) is 5.65 Å². The van der Waals surface area contributed by atoms with Crippen LogP contribution in [0.5, 0.6) is 0 Å². The number of rotatable bonds is 1. The molecule has 0 aliphatic rings. The highest BCUT2D eigenvalue weighted by Gasteiger charge is 2.08. The molecule has 0 fully saturated rings. The van der Waals surface area contributed by atoms with Crippen molar-refractivity contribution in [2.24, 2.45) is 0 Å². The van der Waals surface area contributed by atoms with Gasteiger partial charge in [0.25, 0.3) is 0 Å². The minimum Gasteiger partial charge on any atom is -0.301 e. The second kappa shape index (κ2) is 2.96. The second-order valence-electron chi connectivity index (χ2n) is 2.41. The first-order valence-corrected chi connectivity index (χ1v) is 4.36. The fourth-order valence-electron chi connectivity index (χ4n) is 1.11. The topological polar surface area (TPSA) is 17.3 Å². The van der Waals surface area contributed by atoms with Gasteiger partial charge in [0.1, 0.15) is 10.5 Å². The number of hydrogen-bond donors (Lipinski definition) is 0. The van der Waals surface area contributed by atoms with Crippen molar-refractivity contribution in [3.8, 4) is 0 Å². The van der Waals surface area contributed by atoms with E-state index in [9.17, 15) is 0 Å². The fraction of sp³-hybridized carbons (Fsp3) is 0.125. The first kappa shape index (κ1) is 7.90. The van der Waals surface area contributed by atoms with Gasteiger partial charge in [0.15, 0.2) is 0 Å². The lowest BCUT2D eigenvalue weighted by Crippen LogP contribution is -1.89. The number of halogens is 2. The van der Waals surface area contributed by atoms with Crippen LogP contribution in [-0.2, 0) is 0 Å². The Morgan fingerprint density at radius 1 is 1.33 bits per heavy atom. The van der Waals surface area contributed by atoms with E-state index in [1.54, 1.807) is 6.20 Å². The predicted octanol–water partition coefficient (Wildman–Crippen LogP) is 2.81. The highest BCUT2D eigenvalue weighted by atomic mass is 35.5. The van der Waals surface area contributed by atoms with Crippen molar-refractivity contribution in [3.63, 3.8) is 0 Å². The number of hydrogen-bond acceptors (Lipinski definition) is 1. The normalized spacial score (nSPS) is 11.2. The summed E-state index contributed by atoms with van der Waals surface area (Å²) in [6.45, 7) is 0. The van der Waals surface area contributed by atoms with E-state index in [-0.39, 0.29) is 0 Å². The summed E-state index contributed by atoms with van der Waals surface area (Å²) in [5.74, 6) is 0. The number of imidazole rings is 1. The van der Waals surface area contributed by atoms with Gasteiger partial charge in [0, 0.05) is 6.20 Å². The van der Waals surface area contributed by atoms with Gasteiger partial charge in [-0.2, -0.15) is 0 Å². The molecule has 0 N–H and O–H groups in total. The zero-order valence-corrected chi connectivity index (χ0v) is 7.63. The van der Waals surface area contributed by atoms with Crippen molar-refractivity contribution < 1.29 is 0 Å². The van der Waals surface area contributed by atoms with Gasteiger partial charge in [-0.3, -0.25) is 0 Å². The smallest absolute Gasteiger partial charge is 0.149 e. The van der Waals surface area contributed by atoms with Crippen LogP contribution in [0.1, 0.15) is 10.5 Å². The number of pyridine rings is 1. The van der Waals surface area contributed by atoms with E-state index in [1.807, 2.05) is 28.8 Å². The van der Waals surface area contributed by atoms with Gasteiger partial charge in [-0.1, -0.05) is 29.3 Å². The molecule has 0 saturated carbocycles. The van der Waals surface area contributed by atoms with E-state index in [0.717, 1.165) is 11.3 Å². The molecule has 0 aliphatic heterocycles. The third-order valence-corrected chi connectivity index (χ3v) is 2.12. The van der Waals surface area contributed by atoms with Gasteiger partial charge in [0.2, 0.25) is 0 Å². The maximum absolute atomic E-state index is 5.73. The number of fused-ring (bicyclic) bond motifs is 1. The standard InChI is InChI=1S/C8H6Cl2N2/c9-8(10)6-5-11-7-3-1-2-4-12(6)7/h1-5,8H. The van der Waals surface area contributed by atoms with Crippen LogP contribution < -0.4 is 0 Å². The molecule has 2 heterocycles. The molecule has 62 valence electrons. The van der Waals surface area contributed by atoms with Crippen molar-refractivity contribution in [1.82, 2.24) is 9.38 Å². The highest BCUT2D eigenvalue weighted by molar-refractivity contribution is 6.43. The molecular weight excluding hydrogens is 195 g/mol. The van der Waals surface area contributed by atoms with Gasteiger partial charge >= 0.3 is 0 Å². The van der Waals surface area contributed by atoms with Crippen molar-refractivity contribution in [1.29, 1.82) is 0 Å². The summed E-state index contributed by atoms with van der Waals surface area (Å²) < 4.78 is 1.87. The van der Waals surface area contributed by atoms with E-state index in [1.165, 1.54) is 0 Å². The Hall–Kier alpha value is -0.730. The Labute approximate surface area is 79.7 Å². The van der Waals surface area contributed by atoms with Gasteiger partial charge in [-0.25, -0.2) is 4.98 Å². The van der Waals surface area contributed by atoms with E-state index in [0.29, 0.717) is 0 Å². The van der Waals surface area contributed by atoms with Crippen LogP contribution in [0.3, 0.4) is 0 Å². The monoisotopic (exact) mass is 200 g/mol. The number of aromatic nitrogens is 2. The molecule has 0 bridgehead atoms. The van der Waals surface area contributed by atoms with Gasteiger partial charge in [0.05, 0.1) is 11.9 Å². The van der Waals surface area contributed by atoms with Crippen LogP contribution in [0, 0.1) is 0 Å². The molecule has 0 spiro atoms. The predicted molar refractivity (Wildman–Crippen MR) is 49.6 cm³/mol. The van der Waals surface area contributed by atoms with Crippen molar-refractivity contribution in [2.75, 3.05) is 0 Å². The average Bonchev–Trinajstić information content (AvgIpc) is 2.47. The largest absolute Gasteiger partial charge is 0.301 e. The van der Waals surface area contributed by atoms with Crippen LogP contribution in [0.2, 0.25) is 0 Å². The molecule has 4 heteroatoms. The van der Waals surface area contributed by atoms with E-state index >= 15 is 0 Å². The molecule has 0 amide bonds. The Morgan fingerprint density at radius 3 is 2.92 bits per heavy atom. The summed E-state index contributed by atoms with van der Waals surface area (Å²) in [5, 5.41) is 0. The van der Waals surface area contributed by atoms with E-state index in [4.69, 9.17) is 23.2 Å². The summed E-state index contributed by atoms with van der Waals surface area (Å²) in [7, 11) is 0. The second-order valence-corrected chi connectivity index (χ2v) is 3.51. The highest BCUT2D eigenvalue weighted by Crippen LogP contribution is 2.24. The van der Waals surface area contributed by atoms with Crippen molar-refractivity contribution in [3.05, 3.63) is 36.3 Å². The van der Waals surface area contributed by atoms with Crippen LogP contribution in [-0.4, -0.2) is 9.38 Å². The maximum Gasteiger partial charge on any atom is 0.149 e. The first-order chi connectivity index (χ1) is 5.79. The van der Waals surface area contributed by atoms with E-state index in [2.05, 4.69) is 4.98 Å². The van der Waals surface area contributed by atoms with E-state index < -0.39 is 4.84 Å². The maximum atomic E-state index is 5.73. The van der Waals surface area contributed by atoms with Crippen molar-refractivity contribution >= 4 is 28.8 Å². The summed E-state index contributed by atoms with van der Waals surface area (Å²) in [4.78, 5) is 3.61. The Kier molecular flexibility index (Phi) is 1.95. The molecular formula is C8H6Cl2N2. The molecule has 12 heavy (non-hydrogen) atoms. The SMILES string of the molecule is ClC(Cl)c1cnc2ccccn12. The molecule has 0 radical (unpaired) electrons. The number of nitrogens with zero attached hydrogens (tertiary/aromatic N) is 2. The summed E-state index contributed by atoms with van der Waals surface area (Å²) >= 11 is 11.5. The molecule has 2 rings (SSSR count). The molecule has 2 nitrogen and oxygen atoms in total. The minimum atomic E-state index is -0.526. The average molecular weight is 201 g/mol. The lowest BCUT2D eigenvalue weighted by molar-refractivity contribution is 1.07. The fourth-order valence-corrected chi connectivity index (χ4v) is 1.44. The molecule has 0 aromatic carbocycles. The summed E-state index contributed by atoms with van der Waals surface area (Å²) in [5.41, 5.74) is 1.66. The molecule has 0 atom stereocenters.